The lowest BCUT2D eigenvalue weighted by atomic mass is 10.2. The summed E-state index contributed by atoms with van der Waals surface area (Å²) in [6.45, 7) is 2.81. The van der Waals surface area contributed by atoms with Crippen LogP contribution in [0, 0.1) is 6.92 Å². The molecule has 0 aliphatic rings. The SMILES string of the molecule is Cc1ccc(OCC(=O)Nc2ccc(N(C)CCc3ccncc3)cn2)cc1. The summed E-state index contributed by atoms with van der Waals surface area (Å²) in [5, 5.41) is 2.75. The van der Waals surface area contributed by atoms with Gasteiger partial charge in [0.2, 0.25) is 0 Å². The third-order valence-electron chi connectivity index (χ3n) is 4.33. The third-order valence-corrected chi connectivity index (χ3v) is 4.33. The van der Waals surface area contributed by atoms with E-state index in [1.165, 1.54) is 5.56 Å². The zero-order valence-electron chi connectivity index (χ0n) is 16.1. The summed E-state index contributed by atoms with van der Waals surface area (Å²) < 4.78 is 5.48. The van der Waals surface area contributed by atoms with Crippen molar-refractivity contribution in [3.63, 3.8) is 0 Å². The summed E-state index contributed by atoms with van der Waals surface area (Å²) in [4.78, 5) is 22.5. The Morgan fingerprint density at radius 3 is 2.50 bits per heavy atom. The molecule has 2 aromatic heterocycles. The van der Waals surface area contributed by atoms with Gasteiger partial charge < -0.3 is 15.0 Å². The average molecular weight is 376 g/mol. The highest BCUT2D eigenvalue weighted by molar-refractivity contribution is 5.91. The summed E-state index contributed by atoms with van der Waals surface area (Å²) in [6, 6.07) is 15.3. The van der Waals surface area contributed by atoms with E-state index in [0.717, 1.165) is 24.2 Å². The van der Waals surface area contributed by atoms with Crippen LogP contribution in [-0.2, 0) is 11.2 Å². The van der Waals surface area contributed by atoms with E-state index < -0.39 is 0 Å². The highest BCUT2D eigenvalue weighted by Gasteiger charge is 2.07. The Labute approximate surface area is 165 Å². The second-order valence-corrected chi connectivity index (χ2v) is 6.58. The normalized spacial score (nSPS) is 10.4. The number of pyridine rings is 2. The van der Waals surface area contributed by atoms with Crippen molar-refractivity contribution < 1.29 is 9.53 Å². The topological polar surface area (TPSA) is 67.3 Å². The van der Waals surface area contributed by atoms with E-state index in [-0.39, 0.29) is 12.5 Å². The molecule has 0 unspecified atom stereocenters. The zero-order chi connectivity index (χ0) is 19.8. The fourth-order valence-corrected chi connectivity index (χ4v) is 2.62. The molecule has 28 heavy (non-hydrogen) atoms. The maximum atomic E-state index is 12.0. The summed E-state index contributed by atoms with van der Waals surface area (Å²) in [6.07, 6.45) is 6.28. The van der Waals surface area contributed by atoms with E-state index in [1.807, 2.05) is 56.4 Å². The molecule has 0 fully saturated rings. The fourth-order valence-electron chi connectivity index (χ4n) is 2.62. The first-order valence-corrected chi connectivity index (χ1v) is 9.15. The van der Waals surface area contributed by atoms with Crippen LogP contribution in [0.1, 0.15) is 11.1 Å². The van der Waals surface area contributed by atoms with Crippen LogP contribution in [0.4, 0.5) is 11.5 Å². The molecule has 0 spiro atoms. The summed E-state index contributed by atoms with van der Waals surface area (Å²) in [5.74, 6) is 0.926. The van der Waals surface area contributed by atoms with Crippen LogP contribution in [0.3, 0.4) is 0 Å². The predicted octanol–water partition coefficient (Wildman–Crippen LogP) is 3.48. The number of nitrogens with one attached hydrogen (secondary N) is 1. The Hall–Kier alpha value is -3.41. The van der Waals surface area contributed by atoms with Gasteiger partial charge in [-0.25, -0.2) is 4.98 Å². The summed E-state index contributed by atoms with van der Waals surface area (Å²) in [7, 11) is 2.02. The number of carbonyl (C=O) groups excluding carboxylic acids is 1. The van der Waals surface area contributed by atoms with E-state index in [0.29, 0.717) is 11.6 Å². The van der Waals surface area contributed by atoms with E-state index in [4.69, 9.17) is 4.74 Å². The predicted molar refractivity (Wildman–Crippen MR) is 111 cm³/mol. The molecule has 1 N–H and O–H groups in total. The van der Waals surface area contributed by atoms with Gasteiger partial charge in [-0.1, -0.05) is 17.7 Å². The van der Waals surface area contributed by atoms with Gasteiger partial charge in [-0.15, -0.1) is 0 Å². The van der Waals surface area contributed by atoms with Crippen molar-refractivity contribution >= 4 is 17.4 Å². The Morgan fingerprint density at radius 2 is 1.82 bits per heavy atom. The molecular formula is C22H24N4O2. The van der Waals surface area contributed by atoms with E-state index >= 15 is 0 Å². The quantitative estimate of drug-likeness (QED) is 0.652. The number of amides is 1. The minimum absolute atomic E-state index is 0.0572. The van der Waals surface area contributed by atoms with Gasteiger partial charge in [-0.2, -0.15) is 0 Å². The van der Waals surface area contributed by atoms with Crippen molar-refractivity contribution in [1.82, 2.24) is 9.97 Å². The number of anilines is 2. The molecule has 0 atom stereocenters. The van der Waals surface area contributed by atoms with Crippen molar-refractivity contribution in [3.05, 3.63) is 78.2 Å². The first kappa shape index (κ1) is 19.4. The number of hydrogen-bond acceptors (Lipinski definition) is 5. The number of nitrogens with zero attached hydrogens (tertiary/aromatic N) is 3. The van der Waals surface area contributed by atoms with Gasteiger partial charge in [-0.05, 0) is 55.3 Å². The first-order valence-electron chi connectivity index (χ1n) is 9.15. The van der Waals surface area contributed by atoms with Crippen LogP contribution < -0.4 is 15.0 Å². The molecule has 6 nitrogen and oxygen atoms in total. The van der Waals surface area contributed by atoms with Crippen LogP contribution in [-0.4, -0.2) is 36.1 Å². The van der Waals surface area contributed by atoms with Crippen molar-refractivity contribution in [2.24, 2.45) is 0 Å². The van der Waals surface area contributed by atoms with Gasteiger partial charge in [0.15, 0.2) is 6.61 Å². The molecule has 0 radical (unpaired) electrons. The minimum atomic E-state index is -0.244. The smallest absolute Gasteiger partial charge is 0.263 e. The number of rotatable bonds is 8. The molecule has 1 aromatic carbocycles. The van der Waals surface area contributed by atoms with Gasteiger partial charge in [0.1, 0.15) is 11.6 Å². The molecule has 0 aliphatic carbocycles. The minimum Gasteiger partial charge on any atom is -0.484 e. The van der Waals surface area contributed by atoms with Gasteiger partial charge in [0.25, 0.3) is 5.91 Å². The van der Waals surface area contributed by atoms with Crippen molar-refractivity contribution in [2.75, 3.05) is 30.4 Å². The second-order valence-electron chi connectivity index (χ2n) is 6.58. The molecular weight excluding hydrogens is 352 g/mol. The van der Waals surface area contributed by atoms with Gasteiger partial charge >= 0.3 is 0 Å². The highest BCUT2D eigenvalue weighted by Crippen LogP contribution is 2.15. The first-order chi connectivity index (χ1) is 13.6. The van der Waals surface area contributed by atoms with Crippen LogP contribution in [0.25, 0.3) is 0 Å². The van der Waals surface area contributed by atoms with Crippen molar-refractivity contribution in [3.8, 4) is 5.75 Å². The van der Waals surface area contributed by atoms with E-state index in [9.17, 15) is 4.79 Å². The van der Waals surface area contributed by atoms with Gasteiger partial charge in [0.05, 0.1) is 11.9 Å². The van der Waals surface area contributed by atoms with Crippen molar-refractivity contribution in [2.45, 2.75) is 13.3 Å². The molecule has 6 heteroatoms. The fraction of sp³-hybridized carbons (Fsp3) is 0.227. The highest BCUT2D eigenvalue weighted by atomic mass is 16.5. The lowest BCUT2D eigenvalue weighted by Crippen LogP contribution is -2.22. The van der Waals surface area contributed by atoms with Gasteiger partial charge in [0, 0.05) is 26.0 Å². The lowest BCUT2D eigenvalue weighted by Gasteiger charge is -2.19. The molecule has 0 saturated carbocycles. The van der Waals surface area contributed by atoms with Crippen LogP contribution in [0.2, 0.25) is 0 Å². The maximum absolute atomic E-state index is 12.0. The van der Waals surface area contributed by atoms with Crippen LogP contribution in [0.5, 0.6) is 5.75 Å². The monoisotopic (exact) mass is 376 g/mol. The third kappa shape index (κ3) is 5.81. The largest absolute Gasteiger partial charge is 0.484 e. The van der Waals surface area contributed by atoms with E-state index in [2.05, 4.69) is 20.2 Å². The maximum Gasteiger partial charge on any atom is 0.263 e. The lowest BCUT2D eigenvalue weighted by molar-refractivity contribution is -0.118. The molecule has 1 amide bonds. The van der Waals surface area contributed by atoms with Gasteiger partial charge in [-0.3, -0.25) is 9.78 Å². The average Bonchev–Trinajstić information content (AvgIpc) is 2.73. The van der Waals surface area contributed by atoms with Crippen molar-refractivity contribution in [1.29, 1.82) is 0 Å². The molecule has 2 heterocycles. The Morgan fingerprint density at radius 1 is 1.07 bits per heavy atom. The zero-order valence-corrected chi connectivity index (χ0v) is 16.1. The van der Waals surface area contributed by atoms with E-state index in [1.54, 1.807) is 24.7 Å². The molecule has 3 rings (SSSR count). The molecule has 0 aliphatic heterocycles. The number of aromatic nitrogens is 2. The number of ether oxygens (including phenoxy) is 1. The number of likely N-dealkylation sites (N-methyl/N-ethyl adjacent to an activating group) is 1. The molecule has 144 valence electrons. The number of carbonyl (C=O) groups is 1. The standard InChI is InChI=1S/C22H24N4O2/c1-17-3-6-20(7-4-17)28-16-22(27)25-21-8-5-19(15-24-21)26(2)14-11-18-9-12-23-13-10-18/h3-10,12-13,15H,11,14,16H2,1-2H3,(H,24,25,27). The molecule has 3 aromatic rings. The van der Waals surface area contributed by atoms with Crippen LogP contribution in [0.15, 0.2) is 67.1 Å². The Balaban J connectivity index is 1.46. The molecule has 0 saturated heterocycles. The molecule has 0 bridgehead atoms. The summed E-state index contributed by atoms with van der Waals surface area (Å²) >= 11 is 0. The number of aryl methyl sites for hydroxylation is 1. The Bertz CT molecular complexity index is 881. The second kappa shape index (κ2) is 9.50. The summed E-state index contributed by atoms with van der Waals surface area (Å²) in [5.41, 5.74) is 3.38. The number of benzene rings is 1. The number of hydrogen-bond donors (Lipinski definition) is 1. The van der Waals surface area contributed by atoms with Crippen LogP contribution >= 0.6 is 0 Å². The Kier molecular flexibility index (Phi) is 6.57.